The van der Waals surface area contributed by atoms with Crippen LogP contribution in [0.4, 0.5) is 18.9 Å². The molecule has 29 heavy (non-hydrogen) atoms. The highest BCUT2D eigenvalue weighted by molar-refractivity contribution is 5.92. The average molecular weight is 408 g/mol. The van der Waals surface area contributed by atoms with Gasteiger partial charge in [-0.15, -0.1) is 0 Å². The largest absolute Gasteiger partial charge is 0.454 e. The van der Waals surface area contributed by atoms with Crippen LogP contribution in [0.2, 0.25) is 0 Å². The lowest BCUT2D eigenvalue weighted by Gasteiger charge is -2.14. The third-order valence-corrected chi connectivity index (χ3v) is 4.51. The van der Waals surface area contributed by atoms with Gasteiger partial charge >= 0.3 is 6.18 Å². The lowest BCUT2D eigenvalue weighted by molar-refractivity contribution is -0.136. The van der Waals surface area contributed by atoms with Gasteiger partial charge in [-0.25, -0.2) is 0 Å². The van der Waals surface area contributed by atoms with Crippen LogP contribution in [-0.4, -0.2) is 27.0 Å². The molecular formula is C18H15F3N4O4. The molecular weight excluding hydrogens is 393 g/mol. The first-order chi connectivity index (χ1) is 13.6. The molecule has 8 nitrogen and oxygen atoms in total. The normalized spacial score (nSPS) is 13.1. The average Bonchev–Trinajstić information content (AvgIpc) is 3.20. The number of hydrogen-bond donors (Lipinski definition) is 1. The van der Waals surface area contributed by atoms with Gasteiger partial charge < -0.3 is 14.8 Å². The van der Waals surface area contributed by atoms with Crippen molar-refractivity contribution in [1.29, 1.82) is 0 Å². The molecule has 0 saturated heterocycles. The zero-order valence-electron chi connectivity index (χ0n) is 15.3. The molecule has 0 saturated carbocycles. The van der Waals surface area contributed by atoms with Crippen LogP contribution in [0, 0.1) is 6.92 Å². The third-order valence-electron chi connectivity index (χ3n) is 4.51. The number of anilines is 1. The first kappa shape index (κ1) is 18.8. The fourth-order valence-corrected chi connectivity index (χ4v) is 3.34. The summed E-state index contributed by atoms with van der Waals surface area (Å²) in [4.78, 5) is 24.9. The molecule has 0 spiro atoms. The number of carbonyl (C=O) groups is 1. The number of carbonyl (C=O) groups excluding carboxylic acids is 1. The maximum absolute atomic E-state index is 13.4. The number of aromatic nitrogens is 3. The fraction of sp³-hybridized carbons (Fsp3) is 0.278. The maximum Gasteiger partial charge on any atom is 0.417 e. The quantitative estimate of drug-likeness (QED) is 0.719. The van der Waals surface area contributed by atoms with E-state index in [4.69, 9.17) is 9.47 Å². The number of ether oxygens (including phenoxy) is 2. The summed E-state index contributed by atoms with van der Waals surface area (Å²) in [6.07, 6.45) is -4.72. The van der Waals surface area contributed by atoms with E-state index in [0.717, 1.165) is 9.25 Å². The number of nitrogens with zero attached hydrogens (tertiary/aromatic N) is 3. The highest BCUT2D eigenvalue weighted by Crippen LogP contribution is 2.36. The molecule has 152 valence electrons. The standard InChI is InChI=1S/C18H15F3N4O4/c1-9-16-11(18(19,20)21)6-15(27)25(17(16)24(2)23-9)7-14(26)22-10-3-4-12-13(5-10)29-8-28-12/h3-6H,7-8H2,1-2H3,(H,22,26). The van der Waals surface area contributed by atoms with Gasteiger partial charge in [0.05, 0.1) is 16.6 Å². The summed E-state index contributed by atoms with van der Waals surface area (Å²) < 4.78 is 52.7. The molecule has 0 atom stereocenters. The van der Waals surface area contributed by atoms with Crippen LogP contribution in [0.15, 0.2) is 29.1 Å². The second kappa shape index (κ2) is 6.54. The summed E-state index contributed by atoms with van der Waals surface area (Å²) in [6, 6.07) is 5.25. The van der Waals surface area contributed by atoms with Crippen molar-refractivity contribution in [2.24, 2.45) is 7.05 Å². The van der Waals surface area contributed by atoms with E-state index >= 15 is 0 Å². The van der Waals surface area contributed by atoms with Crippen molar-refractivity contribution in [3.05, 3.63) is 45.9 Å². The Morgan fingerprint density at radius 2 is 1.97 bits per heavy atom. The summed E-state index contributed by atoms with van der Waals surface area (Å²) in [6.45, 7) is 1.01. The van der Waals surface area contributed by atoms with Crippen molar-refractivity contribution in [3.63, 3.8) is 0 Å². The number of benzene rings is 1. The van der Waals surface area contributed by atoms with Gasteiger partial charge in [-0.1, -0.05) is 0 Å². The minimum Gasteiger partial charge on any atom is -0.454 e. The number of amides is 1. The zero-order chi connectivity index (χ0) is 20.9. The van der Waals surface area contributed by atoms with E-state index in [1.165, 1.54) is 14.0 Å². The molecule has 1 aliphatic rings. The van der Waals surface area contributed by atoms with Crippen LogP contribution in [0.1, 0.15) is 11.3 Å². The van der Waals surface area contributed by atoms with Crippen molar-refractivity contribution in [1.82, 2.24) is 14.3 Å². The molecule has 3 aromatic rings. The van der Waals surface area contributed by atoms with Crippen molar-refractivity contribution in [2.45, 2.75) is 19.6 Å². The molecule has 2 aromatic heterocycles. The SMILES string of the molecule is Cc1nn(C)c2c1c(C(F)(F)F)cc(=O)n2CC(=O)Nc1ccc2c(c1)OCO2. The Labute approximate surface area is 161 Å². The summed E-state index contributed by atoms with van der Waals surface area (Å²) >= 11 is 0. The predicted octanol–water partition coefficient (Wildman–Crippen LogP) is 2.43. The predicted molar refractivity (Wildman–Crippen MR) is 95.9 cm³/mol. The highest BCUT2D eigenvalue weighted by Gasteiger charge is 2.36. The van der Waals surface area contributed by atoms with Gasteiger partial charge in [-0.2, -0.15) is 18.3 Å². The van der Waals surface area contributed by atoms with E-state index in [2.05, 4.69) is 10.4 Å². The number of halogens is 3. The summed E-state index contributed by atoms with van der Waals surface area (Å²) in [7, 11) is 1.42. The van der Waals surface area contributed by atoms with E-state index in [-0.39, 0.29) is 23.5 Å². The number of alkyl halides is 3. The Morgan fingerprint density at radius 1 is 1.24 bits per heavy atom. The van der Waals surface area contributed by atoms with Crippen LogP contribution in [0.5, 0.6) is 11.5 Å². The van der Waals surface area contributed by atoms with Crippen LogP contribution in [0.3, 0.4) is 0 Å². The Balaban J connectivity index is 1.70. The molecule has 0 bridgehead atoms. The molecule has 4 rings (SSSR count). The Morgan fingerprint density at radius 3 is 2.69 bits per heavy atom. The van der Waals surface area contributed by atoms with Gasteiger partial charge in [0.15, 0.2) is 11.5 Å². The third kappa shape index (κ3) is 3.28. The van der Waals surface area contributed by atoms with Crippen molar-refractivity contribution in [2.75, 3.05) is 12.1 Å². The smallest absolute Gasteiger partial charge is 0.417 e. The van der Waals surface area contributed by atoms with Crippen LogP contribution in [-0.2, 0) is 24.6 Å². The van der Waals surface area contributed by atoms with Gasteiger partial charge in [0.1, 0.15) is 12.2 Å². The highest BCUT2D eigenvalue weighted by atomic mass is 19.4. The number of hydrogen-bond acceptors (Lipinski definition) is 5. The summed E-state index contributed by atoms with van der Waals surface area (Å²) in [5, 5.41) is 6.38. The van der Waals surface area contributed by atoms with Gasteiger partial charge in [0.25, 0.3) is 5.56 Å². The van der Waals surface area contributed by atoms with Crippen molar-refractivity contribution < 1.29 is 27.4 Å². The number of pyridine rings is 1. The van der Waals surface area contributed by atoms with E-state index in [1.807, 2.05) is 0 Å². The molecule has 1 aliphatic heterocycles. The topological polar surface area (TPSA) is 87.4 Å². The Kier molecular flexibility index (Phi) is 4.25. The Hall–Kier alpha value is -3.50. The van der Waals surface area contributed by atoms with E-state index in [0.29, 0.717) is 23.3 Å². The fourth-order valence-electron chi connectivity index (χ4n) is 3.34. The molecule has 1 N–H and O–H groups in total. The van der Waals surface area contributed by atoms with Gasteiger partial charge in [0, 0.05) is 24.9 Å². The molecule has 3 heterocycles. The zero-order valence-corrected chi connectivity index (χ0v) is 15.3. The van der Waals surface area contributed by atoms with Gasteiger partial charge in [-0.3, -0.25) is 18.8 Å². The first-order valence-electron chi connectivity index (χ1n) is 8.49. The maximum atomic E-state index is 13.4. The van der Waals surface area contributed by atoms with Gasteiger partial charge in [-0.05, 0) is 19.1 Å². The molecule has 0 radical (unpaired) electrons. The van der Waals surface area contributed by atoms with Crippen LogP contribution in [0.25, 0.3) is 11.0 Å². The number of rotatable bonds is 3. The van der Waals surface area contributed by atoms with Crippen LogP contribution < -0.4 is 20.3 Å². The number of nitrogens with one attached hydrogen (secondary N) is 1. The molecule has 0 fully saturated rings. The molecule has 0 unspecified atom stereocenters. The lowest BCUT2D eigenvalue weighted by atomic mass is 10.1. The van der Waals surface area contributed by atoms with E-state index in [9.17, 15) is 22.8 Å². The van der Waals surface area contributed by atoms with E-state index in [1.54, 1.807) is 18.2 Å². The van der Waals surface area contributed by atoms with E-state index < -0.39 is 29.8 Å². The molecule has 11 heteroatoms. The summed E-state index contributed by atoms with van der Waals surface area (Å²) in [5.74, 6) is 0.402. The Bertz CT molecular complexity index is 1200. The molecule has 1 aromatic carbocycles. The second-order valence-corrected chi connectivity index (χ2v) is 6.50. The number of aryl methyl sites for hydroxylation is 2. The molecule has 1 amide bonds. The molecule has 0 aliphatic carbocycles. The van der Waals surface area contributed by atoms with Crippen molar-refractivity contribution >= 4 is 22.6 Å². The van der Waals surface area contributed by atoms with Crippen LogP contribution >= 0.6 is 0 Å². The van der Waals surface area contributed by atoms with Gasteiger partial charge in [0.2, 0.25) is 12.7 Å². The minimum atomic E-state index is -4.72. The summed E-state index contributed by atoms with van der Waals surface area (Å²) in [5.41, 5.74) is -1.59. The minimum absolute atomic E-state index is 0.0749. The second-order valence-electron chi connectivity index (χ2n) is 6.50. The number of fused-ring (bicyclic) bond motifs is 2. The first-order valence-corrected chi connectivity index (χ1v) is 8.49. The van der Waals surface area contributed by atoms with Crippen molar-refractivity contribution in [3.8, 4) is 11.5 Å². The lowest BCUT2D eigenvalue weighted by Crippen LogP contribution is -2.30. The monoisotopic (exact) mass is 408 g/mol.